The minimum absolute atomic E-state index is 0.0217. The van der Waals surface area contributed by atoms with Gasteiger partial charge in [0, 0.05) is 0 Å². The maximum absolute atomic E-state index is 13.3. The molecule has 0 aliphatic carbocycles. The number of amides is 1. The number of H-pyrrole nitrogens is 1. The number of nitrogens with one attached hydrogen (secondary N) is 3. The number of benzene rings is 3. The summed E-state index contributed by atoms with van der Waals surface area (Å²) in [6, 6.07) is 16.2. The Labute approximate surface area is 240 Å². The number of alkyl halides is 3. The zero-order valence-electron chi connectivity index (χ0n) is 22.0. The van der Waals surface area contributed by atoms with Crippen LogP contribution in [-0.2, 0) is 37.4 Å². The van der Waals surface area contributed by atoms with E-state index in [-0.39, 0.29) is 18.7 Å². The summed E-state index contributed by atoms with van der Waals surface area (Å²) in [7, 11) is -8.30. The highest BCUT2D eigenvalue weighted by Crippen LogP contribution is 2.32. The van der Waals surface area contributed by atoms with Gasteiger partial charge in [0.15, 0.2) is 0 Å². The second-order valence-corrected chi connectivity index (χ2v) is 13.5. The number of imidazole rings is 1. The van der Waals surface area contributed by atoms with Crippen LogP contribution in [0.15, 0.2) is 83.9 Å². The number of rotatable bonds is 8. The molecule has 2 atom stereocenters. The van der Waals surface area contributed by atoms with Crippen LogP contribution in [0.1, 0.15) is 45.8 Å². The molecule has 0 radical (unpaired) electrons. The lowest BCUT2D eigenvalue weighted by atomic mass is 10.0. The minimum atomic E-state index is -4.73. The van der Waals surface area contributed by atoms with Gasteiger partial charge in [-0.2, -0.15) is 13.2 Å². The first-order chi connectivity index (χ1) is 19.7. The molecule has 0 spiro atoms. The molecule has 5 rings (SSSR count). The number of aromatic nitrogens is 2. The number of carbonyl (C=O) groups is 1. The molecule has 1 saturated heterocycles. The Morgan fingerprint density at radius 1 is 1.05 bits per heavy atom. The van der Waals surface area contributed by atoms with Gasteiger partial charge in [-0.25, -0.2) is 26.5 Å². The van der Waals surface area contributed by atoms with E-state index in [1.54, 1.807) is 12.1 Å². The molecule has 3 N–H and O–H groups in total. The van der Waals surface area contributed by atoms with Crippen LogP contribution >= 0.6 is 0 Å². The van der Waals surface area contributed by atoms with Gasteiger partial charge in [-0.15, -0.1) is 0 Å². The van der Waals surface area contributed by atoms with Gasteiger partial charge in [0.2, 0.25) is 26.0 Å². The van der Waals surface area contributed by atoms with Crippen molar-refractivity contribution >= 4 is 26.0 Å². The Kier molecular flexibility index (Phi) is 7.72. The molecule has 220 valence electrons. The minimum Gasteiger partial charge on any atom is -0.341 e. The maximum Gasteiger partial charge on any atom is 0.416 e. The summed E-state index contributed by atoms with van der Waals surface area (Å²) < 4.78 is 95.4. The molecule has 42 heavy (non-hydrogen) atoms. The zero-order valence-corrected chi connectivity index (χ0v) is 23.6. The van der Waals surface area contributed by atoms with Crippen molar-refractivity contribution in [1.29, 1.82) is 0 Å². The third kappa shape index (κ3) is 6.40. The van der Waals surface area contributed by atoms with E-state index in [1.807, 2.05) is 35.9 Å². The molecule has 0 saturated carbocycles. The van der Waals surface area contributed by atoms with Gasteiger partial charge in [0.25, 0.3) is 0 Å². The van der Waals surface area contributed by atoms with Crippen molar-refractivity contribution in [1.82, 2.24) is 19.4 Å². The van der Waals surface area contributed by atoms with Crippen molar-refractivity contribution in [2.24, 2.45) is 0 Å². The number of hydrogen-bond acceptors (Lipinski definition) is 6. The highest BCUT2D eigenvalue weighted by molar-refractivity contribution is 7.90. The first-order valence-electron chi connectivity index (χ1n) is 12.7. The summed E-state index contributed by atoms with van der Waals surface area (Å²) in [5.41, 5.74) is 2.27. The largest absolute Gasteiger partial charge is 0.416 e. The SMILES string of the molecule is Cc1cccc(-c2cnc(C(Cc3ccc(C4CC(=O)NS4(=O)=O)cc3)NS(=O)(=O)c3cccc(C(F)(F)F)c3)[nH]2)c1. The van der Waals surface area contributed by atoms with E-state index in [4.69, 9.17) is 0 Å². The van der Waals surface area contributed by atoms with Gasteiger partial charge < -0.3 is 4.98 Å². The molecule has 9 nitrogen and oxygen atoms in total. The summed E-state index contributed by atoms with van der Waals surface area (Å²) in [5, 5.41) is -1.05. The lowest BCUT2D eigenvalue weighted by Crippen LogP contribution is -2.31. The standard InChI is InChI=1S/C28H25F3N4O5S2/c1-17-4-2-5-20(12-17)24-16-32-27(33-24)23(34-41(37,38)22-7-3-6-21(14-22)28(29,30)31)13-18-8-10-19(11-9-18)25-15-26(36)35-42(25,39)40/h2-12,14,16,23,25,34H,13,15H2,1H3,(H,32,33)(H,35,36). The predicted octanol–water partition coefficient (Wildman–Crippen LogP) is 4.56. The average Bonchev–Trinajstić information content (AvgIpc) is 3.52. The molecule has 1 aromatic heterocycles. The van der Waals surface area contributed by atoms with Crippen molar-refractivity contribution < 1.29 is 34.8 Å². The first-order valence-corrected chi connectivity index (χ1v) is 15.7. The fourth-order valence-electron chi connectivity index (χ4n) is 4.71. The molecule has 1 amide bonds. The molecule has 1 aliphatic heterocycles. The summed E-state index contributed by atoms with van der Waals surface area (Å²) in [4.78, 5) is 18.6. The molecule has 2 heterocycles. The van der Waals surface area contributed by atoms with Gasteiger partial charge in [-0.1, -0.05) is 54.1 Å². The van der Waals surface area contributed by atoms with Crippen LogP contribution in [0.5, 0.6) is 0 Å². The van der Waals surface area contributed by atoms with Crippen molar-refractivity contribution in [2.75, 3.05) is 0 Å². The fraction of sp³-hybridized carbons (Fsp3) is 0.214. The Balaban J connectivity index is 1.47. The van der Waals surface area contributed by atoms with Crippen LogP contribution in [0.3, 0.4) is 0 Å². The van der Waals surface area contributed by atoms with Crippen LogP contribution in [0.2, 0.25) is 0 Å². The Hall–Kier alpha value is -4.01. The van der Waals surface area contributed by atoms with E-state index in [2.05, 4.69) is 14.7 Å². The third-order valence-electron chi connectivity index (χ3n) is 6.82. The monoisotopic (exact) mass is 618 g/mol. The van der Waals surface area contributed by atoms with E-state index in [0.29, 0.717) is 22.9 Å². The summed E-state index contributed by atoms with van der Waals surface area (Å²) in [5.74, 6) is -0.380. The molecular weight excluding hydrogens is 593 g/mol. The second-order valence-electron chi connectivity index (χ2n) is 9.96. The van der Waals surface area contributed by atoms with E-state index >= 15 is 0 Å². The summed E-state index contributed by atoms with van der Waals surface area (Å²) in [6.45, 7) is 1.92. The van der Waals surface area contributed by atoms with Crippen LogP contribution in [-0.4, -0.2) is 32.7 Å². The number of aromatic amines is 1. The first kappa shape index (κ1) is 29.5. The normalized spacial score (nSPS) is 17.6. The quantitative estimate of drug-likeness (QED) is 0.265. The summed E-state index contributed by atoms with van der Waals surface area (Å²) in [6.07, 6.45) is -3.39. The lowest BCUT2D eigenvalue weighted by molar-refractivity contribution is -0.137. The highest BCUT2D eigenvalue weighted by atomic mass is 32.2. The highest BCUT2D eigenvalue weighted by Gasteiger charge is 2.38. The number of sulfonamides is 2. The summed E-state index contributed by atoms with van der Waals surface area (Å²) >= 11 is 0. The molecule has 2 unspecified atom stereocenters. The predicted molar refractivity (Wildman–Crippen MR) is 148 cm³/mol. The van der Waals surface area contributed by atoms with Crippen LogP contribution < -0.4 is 9.44 Å². The zero-order chi connectivity index (χ0) is 30.3. The maximum atomic E-state index is 13.3. The molecule has 0 bridgehead atoms. The van der Waals surface area contributed by atoms with Crippen LogP contribution in [0.4, 0.5) is 13.2 Å². The Bertz CT molecular complexity index is 1850. The Morgan fingerprint density at radius 3 is 2.40 bits per heavy atom. The molecule has 1 fully saturated rings. The van der Waals surface area contributed by atoms with E-state index in [0.717, 1.165) is 29.3 Å². The van der Waals surface area contributed by atoms with Crippen molar-refractivity contribution in [3.63, 3.8) is 0 Å². The van der Waals surface area contributed by atoms with Gasteiger partial charge in [0.1, 0.15) is 11.1 Å². The molecule has 4 aromatic rings. The smallest absolute Gasteiger partial charge is 0.341 e. The van der Waals surface area contributed by atoms with Crippen LogP contribution in [0, 0.1) is 6.92 Å². The van der Waals surface area contributed by atoms with Gasteiger partial charge in [0.05, 0.1) is 34.8 Å². The molecule has 3 aromatic carbocycles. The number of nitrogens with zero attached hydrogens (tertiary/aromatic N) is 1. The molecular formula is C28H25F3N4O5S2. The molecule has 14 heteroatoms. The number of aryl methyl sites for hydroxylation is 1. The Morgan fingerprint density at radius 2 is 1.76 bits per heavy atom. The molecule has 1 aliphatic rings. The number of carbonyl (C=O) groups excluding carboxylic acids is 1. The fourth-order valence-corrected chi connectivity index (χ4v) is 7.39. The average molecular weight is 619 g/mol. The van der Waals surface area contributed by atoms with E-state index in [9.17, 15) is 34.8 Å². The topological polar surface area (TPSA) is 138 Å². The van der Waals surface area contributed by atoms with E-state index < -0.39 is 53.9 Å². The second kappa shape index (κ2) is 11.0. The van der Waals surface area contributed by atoms with Crippen molar-refractivity contribution in [2.45, 2.75) is 42.1 Å². The van der Waals surface area contributed by atoms with Crippen LogP contribution in [0.25, 0.3) is 11.3 Å². The number of halogens is 3. The van der Waals surface area contributed by atoms with Gasteiger partial charge >= 0.3 is 6.18 Å². The lowest BCUT2D eigenvalue weighted by Gasteiger charge is -2.18. The third-order valence-corrected chi connectivity index (χ3v) is 9.99. The number of hydrogen-bond donors (Lipinski definition) is 3. The van der Waals surface area contributed by atoms with Gasteiger partial charge in [-0.05, 0) is 54.3 Å². The van der Waals surface area contributed by atoms with E-state index in [1.165, 1.54) is 18.3 Å². The van der Waals surface area contributed by atoms with Gasteiger partial charge in [-0.3, -0.25) is 9.52 Å². The van der Waals surface area contributed by atoms with Crippen molar-refractivity contribution in [3.8, 4) is 11.3 Å². The van der Waals surface area contributed by atoms with Crippen molar-refractivity contribution in [3.05, 3.63) is 107 Å².